The summed E-state index contributed by atoms with van der Waals surface area (Å²) in [6.07, 6.45) is 1.92. The van der Waals surface area contributed by atoms with Crippen LogP contribution in [0.5, 0.6) is 0 Å². The standard InChI is InChI=1S/C18H20BrN3O/c19-14-6-8-15(9-7-14)20-18(23)21-16-10-12-22(13-11-16)17-4-2-1-3-5-17/h1-9,16H,10-13H2,(H2,20,21,23). The van der Waals surface area contributed by atoms with E-state index in [0.29, 0.717) is 0 Å². The van der Waals surface area contributed by atoms with Gasteiger partial charge in [-0.15, -0.1) is 0 Å². The van der Waals surface area contributed by atoms with Crippen molar-refractivity contribution in [3.05, 3.63) is 59.1 Å². The first-order chi connectivity index (χ1) is 11.2. The van der Waals surface area contributed by atoms with E-state index in [9.17, 15) is 4.79 Å². The maximum atomic E-state index is 12.1. The monoisotopic (exact) mass is 373 g/mol. The maximum absolute atomic E-state index is 12.1. The van der Waals surface area contributed by atoms with Gasteiger partial charge in [0.05, 0.1) is 0 Å². The third-order valence-electron chi connectivity index (χ3n) is 4.05. The maximum Gasteiger partial charge on any atom is 0.319 e. The van der Waals surface area contributed by atoms with Crippen LogP contribution in [-0.2, 0) is 0 Å². The van der Waals surface area contributed by atoms with E-state index < -0.39 is 0 Å². The fourth-order valence-corrected chi connectivity index (χ4v) is 3.07. The molecule has 5 heteroatoms. The predicted octanol–water partition coefficient (Wildman–Crippen LogP) is 4.24. The molecule has 2 amide bonds. The molecule has 0 saturated carbocycles. The highest BCUT2D eigenvalue weighted by Crippen LogP contribution is 2.19. The number of rotatable bonds is 3. The predicted molar refractivity (Wildman–Crippen MR) is 98.0 cm³/mol. The molecule has 4 nitrogen and oxygen atoms in total. The molecule has 1 aliphatic rings. The van der Waals surface area contributed by atoms with E-state index in [1.165, 1.54) is 5.69 Å². The minimum absolute atomic E-state index is 0.134. The summed E-state index contributed by atoms with van der Waals surface area (Å²) >= 11 is 3.38. The van der Waals surface area contributed by atoms with E-state index in [2.05, 4.69) is 55.7 Å². The van der Waals surface area contributed by atoms with Gasteiger partial charge in [0.25, 0.3) is 0 Å². The van der Waals surface area contributed by atoms with Crippen LogP contribution < -0.4 is 15.5 Å². The first-order valence-electron chi connectivity index (χ1n) is 7.84. The zero-order chi connectivity index (χ0) is 16.1. The number of hydrogen-bond acceptors (Lipinski definition) is 2. The largest absolute Gasteiger partial charge is 0.371 e. The van der Waals surface area contributed by atoms with Gasteiger partial charge in [0, 0.05) is 35.0 Å². The smallest absolute Gasteiger partial charge is 0.319 e. The summed E-state index contributed by atoms with van der Waals surface area (Å²) in [4.78, 5) is 14.4. The Morgan fingerprint density at radius 2 is 1.65 bits per heavy atom. The molecule has 2 aromatic rings. The molecule has 0 bridgehead atoms. The van der Waals surface area contributed by atoms with Gasteiger partial charge in [0.2, 0.25) is 0 Å². The summed E-state index contributed by atoms with van der Waals surface area (Å²) in [6.45, 7) is 1.93. The summed E-state index contributed by atoms with van der Waals surface area (Å²) < 4.78 is 0.997. The van der Waals surface area contributed by atoms with Gasteiger partial charge >= 0.3 is 6.03 Å². The average Bonchev–Trinajstić information content (AvgIpc) is 2.58. The van der Waals surface area contributed by atoms with Crippen molar-refractivity contribution in [3.8, 4) is 0 Å². The van der Waals surface area contributed by atoms with Crippen LogP contribution in [0.15, 0.2) is 59.1 Å². The molecule has 0 atom stereocenters. The molecule has 1 fully saturated rings. The number of para-hydroxylation sites is 1. The van der Waals surface area contributed by atoms with Crippen LogP contribution in [0.25, 0.3) is 0 Å². The van der Waals surface area contributed by atoms with Gasteiger partial charge in [-0.3, -0.25) is 0 Å². The number of benzene rings is 2. The second kappa shape index (κ2) is 7.51. The van der Waals surface area contributed by atoms with Crippen molar-refractivity contribution >= 4 is 33.3 Å². The van der Waals surface area contributed by atoms with Crippen LogP contribution in [-0.4, -0.2) is 25.2 Å². The Kier molecular flexibility index (Phi) is 5.18. The number of urea groups is 1. The first-order valence-corrected chi connectivity index (χ1v) is 8.63. The minimum atomic E-state index is -0.134. The number of halogens is 1. The molecule has 1 heterocycles. The second-order valence-corrected chi connectivity index (χ2v) is 6.62. The van der Waals surface area contributed by atoms with Gasteiger partial charge in [-0.2, -0.15) is 0 Å². The molecule has 2 aromatic carbocycles. The van der Waals surface area contributed by atoms with Crippen LogP contribution in [0.4, 0.5) is 16.2 Å². The van der Waals surface area contributed by atoms with Gasteiger partial charge in [-0.25, -0.2) is 4.79 Å². The van der Waals surface area contributed by atoms with Crippen molar-refractivity contribution in [1.82, 2.24) is 5.32 Å². The van der Waals surface area contributed by atoms with Gasteiger partial charge in [-0.05, 0) is 49.2 Å². The molecule has 0 aliphatic carbocycles. The van der Waals surface area contributed by atoms with Gasteiger partial charge < -0.3 is 15.5 Å². The van der Waals surface area contributed by atoms with Crippen LogP contribution in [0, 0.1) is 0 Å². The van der Waals surface area contributed by atoms with Crippen molar-refractivity contribution in [2.24, 2.45) is 0 Å². The fourth-order valence-electron chi connectivity index (χ4n) is 2.81. The number of nitrogens with zero attached hydrogens (tertiary/aromatic N) is 1. The molecule has 0 aromatic heterocycles. The summed E-state index contributed by atoms with van der Waals surface area (Å²) in [6, 6.07) is 18.1. The highest BCUT2D eigenvalue weighted by Gasteiger charge is 2.20. The molecule has 120 valence electrons. The fraction of sp³-hybridized carbons (Fsp3) is 0.278. The third kappa shape index (κ3) is 4.48. The number of piperidine rings is 1. The van der Waals surface area contributed by atoms with Crippen LogP contribution in [0.1, 0.15) is 12.8 Å². The normalized spacial score (nSPS) is 15.3. The van der Waals surface area contributed by atoms with Crippen molar-refractivity contribution < 1.29 is 4.79 Å². The van der Waals surface area contributed by atoms with E-state index in [1.54, 1.807) is 0 Å². The topological polar surface area (TPSA) is 44.4 Å². The quantitative estimate of drug-likeness (QED) is 0.844. The highest BCUT2D eigenvalue weighted by molar-refractivity contribution is 9.10. The Hall–Kier alpha value is -2.01. The van der Waals surface area contributed by atoms with Crippen molar-refractivity contribution in [2.75, 3.05) is 23.3 Å². The summed E-state index contributed by atoms with van der Waals surface area (Å²) in [5.41, 5.74) is 2.05. The zero-order valence-corrected chi connectivity index (χ0v) is 14.4. The Balaban J connectivity index is 1.47. The Labute approximate surface area is 145 Å². The lowest BCUT2D eigenvalue weighted by Crippen LogP contribution is -2.46. The van der Waals surface area contributed by atoms with Gasteiger partial charge in [0.1, 0.15) is 0 Å². The molecular weight excluding hydrogens is 354 g/mol. The lowest BCUT2D eigenvalue weighted by molar-refractivity contribution is 0.246. The lowest BCUT2D eigenvalue weighted by atomic mass is 10.0. The van der Waals surface area contributed by atoms with Crippen LogP contribution >= 0.6 is 15.9 Å². The second-order valence-electron chi connectivity index (χ2n) is 5.70. The van der Waals surface area contributed by atoms with Crippen LogP contribution in [0.3, 0.4) is 0 Å². The number of anilines is 2. The van der Waals surface area contributed by atoms with E-state index in [0.717, 1.165) is 36.1 Å². The number of amides is 2. The van der Waals surface area contributed by atoms with E-state index in [1.807, 2.05) is 30.3 Å². The molecular formula is C18H20BrN3O. The molecule has 23 heavy (non-hydrogen) atoms. The van der Waals surface area contributed by atoms with Gasteiger partial charge in [-0.1, -0.05) is 34.1 Å². The molecule has 3 rings (SSSR count). The molecule has 2 N–H and O–H groups in total. The number of hydrogen-bond donors (Lipinski definition) is 2. The number of carbonyl (C=O) groups is 1. The number of carbonyl (C=O) groups excluding carboxylic acids is 1. The highest BCUT2D eigenvalue weighted by atomic mass is 79.9. The summed E-state index contributed by atoms with van der Waals surface area (Å²) in [5, 5.41) is 5.94. The average molecular weight is 374 g/mol. The molecule has 0 spiro atoms. The number of nitrogens with one attached hydrogen (secondary N) is 2. The Morgan fingerprint density at radius 3 is 2.30 bits per heavy atom. The van der Waals surface area contributed by atoms with Gasteiger partial charge in [0.15, 0.2) is 0 Å². The van der Waals surface area contributed by atoms with E-state index in [-0.39, 0.29) is 12.1 Å². The first kappa shape index (κ1) is 15.9. The van der Waals surface area contributed by atoms with E-state index in [4.69, 9.17) is 0 Å². The minimum Gasteiger partial charge on any atom is -0.371 e. The van der Waals surface area contributed by atoms with E-state index >= 15 is 0 Å². The Morgan fingerprint density at radius 1 is 1.00 bits per heavy atom. The summed E-state index contributed by atoms with van der Waals surface area (Å²) in [7, 11) is 0. The Bertz CT molecular complexity index is 637. The lowest BCUT2D eigenvalue weighted by Gasteiger charge is -2.33. The molecule has 0 unspecified atom stereocenters. The molecule has 1 aliphatic heterocycles. The molecule has 0 radical (unpaired) electrons. The third-order valence-corrected chi connectivity index (χ3v) is 4.58. The zero-order valence-electron chi connectivity index (χ0n) is 12.8. The SMILES string of the molecule is O=C(Nc1ccc(Br)cc1)NC1CCN(c2ccccc2)CC1. The van der Waals surface area contributed by atoms with Crippen molar-refractivity contribution in [1.29, 1.82) is 0 Å². The molecule has 1 saturated heterocycles. The summed E-state index contributed by atoms with van der Waals surface area (Å²) in [5.74, 6) is 0. The van der Waals surface area contributed by atoms with Crippen LogP contribution in [0.2, 0.25) is 0 Å². The van der Waals surface area contributed by atoms with Crippen molar-refractivity contribution in [3.63, 3.8) is 0 Å². The van der Waals surface area contributed by atoms with Crippen molar-refractivity contribution in [2.45, 2.75) is 18.9 Å².